The van der Waals surface area contributed by atoms with Crippen molar-refractivity contribution in [2.75, 3.05) is 26.3 Å². The zero-order valence-electron chi connectivity index (χ0n) is 20.4. The van der Waals surface area contributed by atoms with Crippen LogP contribution in [0.3, 0.4) is 0 Å². The molecule has 1 N–H and O–H groups in total. The highest BCUT2D eigenvalue weighted by Crippen LogP contribution is 2.67. The van der Waals surface area contributed by atoms with Gasteiger partial charge in [0.05, 0.1) is 24.2 Å². The molecule has 2 saturated carbocycles. The molecule has 1 aromatic rings. The van der Waals surface area contributed by atoms with E-state index in [0.29, 0.717) is 37.4 Å². The van der Waals surface area contributed by atoms with Crippen LogP contribution in [0.4, 0.5) is 0 Å². The first-order chi connectivity index (χ1) is 16.2. The number of likely N-dealkylation sites (tertiary alicyclic amines) is 1. The summed E-state index contributed by atoms with van der Waals surface area (Å²) in [6, 6.07) is 3.96. The zero-order valence-corrected chi connectivity index (χ0v) is 20.4. The molecule has 3 aliphatic heterocycles. The molecule has 2 bridgehead atoms. The fraction of sp³-hybridized carbons (Fsp3) is 0.741. The first kappa shape index (κ1) is 21.6. The number of carbonyl (C=O) groups excluding carboxylic acids is 1. The summed E-state index contributed by atoms with van der Waals surface area (Å²) in [7, 11) is 0. The van der Waals surface area contributed by atoms with Crippen molar-refractivity contribution < 1.29 is 28.8 Å². The predicted molar refractivity (Wildman–Crippen MR) is 123 cm³/mol. The number of esters is 1. The number of rotatable bonds is 3. The molecular formula is C27H35NO6. The fourth-order valence-corrected chi connectivity index (χ4v) is 7.71. The van der Waals surface area contributed by atoms with E-state index >= 15 is 0 Å². The van der Waals surface area contributed by atoms with E-state index in [1.807, 2.05) is 26.8 Å². The Labute approximate surface area is 200 Å². The second-order valence-electron chi connectivity index (χ2n) is 12.3. The van der Waals surface area contributed by atoms with Gasteiger partial charge in [-0.25, -0.2) is 4.79 Å². The quantitative estimate of drug-likeness (QED) is 0.682. The lowest BCUT2D eigenvalue weighted by molar-refractivity contribution is -0.296. The van der Waals surface area contributed by atoms with Gasteiger partial charge in [0.1, 0.15) is 16.9 Å². The Morgan fingerprint density at radius 2 is 1.94 bits per heavy atom. The maximum atomic E-state index is 13.2. The molecule has 2 spiro atoms. The summed E-state index contributed by atoms with van der Waals surface area (Å²) in [4.78, 5) is 15.8. The molecule has 3 aliphatic carbocycles. The lowest BCUT2D eigenvalue weighted by Gasteiger charge is -2.65. The Morgan fingerprint density at radius 3 is 2.65 bits per heavy atom. The maximum absolute atomic E-state index is 13.2. The molecule has 7 nitrogen and oxygen atoms in total. The lowest BCUT2D eigenvalue weighted by atomic mass is 9.48. The third-order valence-electron chi connectivity index (χ3n) is 9.18. The smallest absolute Gasteiger partial charge is 0.342 e. The van der Waals surface area contributed by atoms with Gasteiger partial charge >= 0.3 is 5.97 Å². The first-order valence-corrected chi connectivity index (χ1v) is 13.0. The number of ether oxygens (including phenoxy) is 4. The van der Waals surface area contributed by atoms with E-state index in [4.69, 9.17) is 18.9 Å². The molecule has 1 aromatic carbocycles. The van der Waals surface area contributed by atoms with Crippen molar-refractivity contribution >= 4 is 5.97 Å². The van der Waals surface area contributed by atoms with Crippen LogP contribution in [0.1, 0.15) is 74.4 Å². The van der Waals surface area contributed by atoms with Gasteiger partial charge in [0.15, 0.2) is 6.10 Å². The van der Waals surface area contributed by atoms with Gasteiger partial charge in [-0.15, -0.1) is 0 Å². The van der Waals surface area contributed by atoms with E-state index in [1.165, 1.54) is 18.4 Å². The minimum absolute atomic E-state index is 0.0394. The van der Waals surface area contributed by atoms with Gasteiger partial charge in [-0.2, -0.15) is 0 Å². The van der Waals surface area contributed by atoms with E-state index in [0.717, 1.165) is 37.4 Å². The van der Waals surface area contributed by atoms with Crippen molar-refractivity contribution in [3.63, 3.8) is 0 Å². The van der Waals surface area contributed by atoms with Crippen molar-refractivity contribution in [2.45, 2.75) is 93.8 Å². The minimum atomic E-state index is -0.948. The second kappa shape index (κ2) is 6.75. The zero-order chi connectivity index (χ0) is 23.5. The standard InChI is InChI=1S/C27H35NO6/c1-24(2,3)34-22(29)18-7-6-17-14-19-26(30)8-9-27(31-12-13-32-27)23-25(26,20(17)21(18)33-23)10-11-28(19)15-16-4-5-16/h6-7,16,19,23,30H,4-5,8-15H2,1-3H3/t19-,23?,25+,26?/m1/s1. The SMILES string of the molecule is CC(C)(C)OC(=O)c1ccc2c3c1OC1C4(CCC5(O)[C@@H](C2)N(CC2CC2)CC[C@]315)OCCO4. The van der Waals surface area contributed by atoms with E-state index < -0.39 is 28.5 Å². The molecule has 184 valence electrons. The summed E-state index contributed by atoms with van der Waals surface area (Å²) < 4.78 is 25.0. The molecule has 0 radical (unpaired) electrons. The topological polar surface area (TPSA) is 77.5 Å². The Hall–Kier alpha value is -1.67. The van der Waals surface area contributed by atoms with Crippen molar-refractivity contribution in [1.29, 1.82) is 0 Å². The highest BCUT2D eigenvalue weighted by atomic mass is 16.8. The molecular weight excluding hydrogens is 434 g/mol. The molecule has 6 aliphatic rings. The number of fused-ring (bicyclic) bond motifs is 1. The van der Waals surface area contributed by atoms with Gasteiger partial charge in [-0.05, 0) is 77.0 Å². The van der Waals surface area contributed by atoms with Gasteiger partial charge in [-0.1, -0.05) is 6.07 Å². The summed E-state index contributed by atoms with van der Waals surface area (Å²) >= 11 is 0. The highest BCUT2D eigenvalue weighted by Gasteiger charge is 2.77. The van der Waals surface area contributed by atoms with Crippen LogP contribution in [0.25, 0.3) is 0 Å². The Morgan fingerprint density at radius 1 is 1.18 bits per heavy atom. The number of carbonyl (C=O) groups is 1. The fourth-order valence-electron chi connectivity index (χ4n) is 7.71. The van der Waals surface area contributed by atoms with Gasteiger partial charge < -0.3 is 24.1 Å². The van der Waals surface area contributed by atoms with Crippen molar-refractivity contribution in [3.05, 3.63) is 28.8 Å². The molecule has 7 heteroatoms. The number of piperidine rings is 1. The second-order valence-corrected chi connectivity index (χ2v) is 12.3. The third kappa shape index (κ3) is 2.70. The van der Waals surface area contributed by atoms with E-state index in [2.05, 4.69) is 11.0 Å². The number of benzene rings is 1. The number of nitrogens with zero attached hydrogens (tertiary/aromatic N) is 1. The molecule has 7 rings (SSSR count). The maximum Gasteiger partial charge on any atom is 0.342 e. The van der Waals surface area contributed by atoms with Gasteiger partial charge in [-0.3, -0.25) is 4.90 Å². The summed E-state index contributed by atoms with van der Waals surface area (Å²) in [6.07, 6.45) is 4.84. The largest absolute Gasteiger partial charge is 0.482 e. The summed E-state index contributed by atoms with van der Waals surface area (Å²) in [6.45, 7) is 8.63. The Kier molecular flexibility index (Phi) is 4.29. The van der Waals surface area contributed by atoms with Crippen LogP contribution in [0.2, 0.25) is 0 Å². The molecule has 4 atom stereocenters. The van der Waals surface area contributed by atoms with Crippen LogP contribution in [0, 0.1) is 5.92 Å². The van der Waals surface area contributed by atoms with Crippen molar-refractivity contribution in [1.82, 2.24) is 4.90 Å². The summed E-state index contributed by atoms with van der Waals surface area (Å²) in [5.74, 6) is 0.0641. The lowest BCUT2D eigenvalue weighted by Crippen LogP contribution is -2.79. The number of hydrogen-bond acceptors (Lipinski definition) is 7. The Bertz CT molecular complexity index is 1050. The predicted octanol–water partition coefficient (Wildman–Crippen LogP) is 2.95. The Balaban J connectivity index is 1.40. The monoisotopic (exact) mass is 469 g/mol. The number of hydrogen-bond donors (Lipinski definition) is 1. The van der Waals surface area contributed by atoms with Crippen LogP contribution in [0.5, 0.6) is 5.75 Å². The van der Waals surface area contributed by atoms with Crippen molar-refractivity contribution in [3.8, 4) is 5.75 Å². The van der Waals surface area contributed by atoms with Gasteiger partial charge in [0.2, 0.25) is 5.79 Å². The van der Waals surface area contributed by atoms with E-state index in [9.17, 15) is 9.90 Å². The molecule has 3 heterocycles. The molecule has 0 amide bonds. The van der Waals surface area contributed by atoms with Crippen LogP contribution < -0.4 is 4.74 Å². The molecule has 2 saturated heterocycles. The summed E-state index contributed by atoms with van der Waals surface area (Å²) in [5, 5.41) is 12.6. The van der Waals surface area contributed by atoms with Gasteiger partial charge in [0, 0.05) is 24.6 Å². The van der Waals surface area contributed by atoms with Crippen molar-refractivity contribution in [2.24, 2.45) is 5.92 Å². The molecule has 4 fully saturated rings. The molecule has 34 heavy (non-hydrogen) atoms. The van der Waals surface area contributed by atoms with Gasteiger partial charge in [0.25, 0.3) is 0 Å². The summed E-state index contributed by atoms with van der Waals surface area (Å²) in [5.41, 5.74) is 0.408. The van der Waals surface area contributed by atoms with E-state index in [1.54, 1.807) is 0 Å². The number of aliphatic hydroxyl groups is 1. The molecule has 0 aromatic heterocycles. The average molecular weight is 470 g/mol. The van der Waals surface area contributed by atoms with Crippen LogP contribution in [-0.2, 0) is 26.0 Å². The minimum Gasteiger partial charge on any atom is -0.482 e. The molecule has 2 unspecified atom stereocenters. The van der Waals surface area contributed by atoms with Crippen LogP contribution in [0.15, 0.2) is 12.1 Å². The normalized spacial score (nSPS) is 37.4. The first-order valence-electron chi connectivity index (χ1n) is 13.0. The van der Waals surface area contributed by atoms with Crippen LogP contribution >= 0.6 is 0 Å². The van der Waals surface area contributed by atoms with Crippen LogP contribution in [-0.4, -0.2) is 71.4 Å². The third-order valence-corrected chi connectivity index (χ3v) is 9.18. The average Bonchev–Trinajstić information content (AvgIpc) is 3.32. The highest BCUT2D eigenvalue weighted by molar-refractivity contribution is 5.94. The van der Waals surface area contributed by atoms with E-state index in [-0.39, 0.29) is 12.0 Å².